The minimum atomic E-state index is -0.287. The fraction of sp³-hybridized carbons (Fsp3) is 0.133. The van der Waals surface area contributed by atoms with Crippen LogP contribution in [0.25, 0.3) is 16.7 Å². The van der Waals surface area contributed by atoms with Crippen molar-refractivity contribution in [1.29, 1.82) is 0 Å². The Morgan fingerprint density at radius 3 is 2.55 bits per heavy atom. The van der Waals surface area contributed by atoms with Gasteiger partial charge >= 0.3 is 0 Å². The lowest BCUT2D eigenvalue weighted by Gasteiger charge is -2.10. The molecule has 3 aromatic rings. The van der Waals surface area contributed by atoms with Gasteiger partial charge in [0.1, 0.15) is 11.6 Å². The molecule has 1 atom stereocenters. The van der Waals surface area contributed by atoms with Crippen molar-refractivity contribution in [3.63, 3.8) is 0 Å². The molecule has 102 valence electrons. The predicted molar refractivity (Wildman–Crippen MR) is 83.0 cm³/mol. The van der Waals surface area contributed by atoms with Gasteiger partial charge in [-0.05, 0) is 43.3 Å². The summed E-state index contributed by atoms with van der Waals surface area (Å²) >= 11 is 9.62. The van der Waals surface area contributed by atoms with Gasteiger partial charge in [-0.2, -0.15) is 0 Å². The Morgan fingerprint density at radius 1 is 1.20 bits per heavy atom. The number of aromatic nitrogens is 2. The second kappa shape index (κ2) is 5.19. The van der Waals surface area contributed by atoms with Gasteiger partial charge in [-0.3, -0.25) is 4.57 Å². The molecule has 0 aliphatic heterocycles. The average Bonchev–Trinajstić information content (AvgIpc) is 2.78. The number of rotatable bonds is 2. The summed E-state index contributed by atoms with van der Waals surface area (Å²) in [6, 6.07) is 12.3. The predicted octanol–water partition coefficient (Wildman–Crippen LogP) is 5.23. The van der Waals surface area contributed by atoms with E-state index in [2.05, 4.69) is 20.9 Å². The lowest BCUT2D eigenvalue weighted by molar-refractivity contribution is 0.629. The number of imidazole rings is 1. The van der Waals surface area contributed by atoms with Crippen molar-refractivity contribution in [1.82, 2.24) is 9.55 Å². The normalized spacial score (nSPS) is 12.8. The van der Waals surface area contributed by atoms with Crippen molar-refractivity contribution in [2.75, 3.05) is 0 Å². The van der Waals surface area contributed by atoms with Gasteiger partial charge in [0.05, 0.1) is 16.4 Å². The Bertz CT molecular complexity index is 765. The fourth-order valence-corrected chi connectivity index (χ4v) is 2.61. The van der Waals surface area contributed by atoms with Crippen LogP contribution in [0.1, 0.15) is 18.1 Å². The van der Waals surface area contributed by atoms with E-state index in [1.807, 2.05) is 35.8 Å². The highest BCUT2D eigenvalue weighted by atomic mass is 79.9. The van der Waals surface area contributed by atoms with Gasteiger partial charge in [0.25, 0.3) is 0 Å². The van der Waals surface area contributed by atoms with Gasteiger partial charge in [-0.25, -0.2) is 9.37 Å². The first kappa shape index (κ1) is 13.6. The third-order valence-corrected chi connectivity index (χ3v) is 3.81. The SMILES string of the molecule is CC(Cl)c1nc2ccc(F)cc2n1-c1ccc(Br)cc1. The minimum absolute atomic E-state index is 0.269. The average molecular weight is 354 g/mol. The first-order chi connectivity index (χ1) is 9.56. The molecule has 5 heteroatoms. The highest BCUT2D eigenvalue weighted by molar-refractivity contribution is 9.10. The molecule has 0 saturated heterocycles. The van der Waals surface area contributed by atoms with Crippen molar-refractivity contribution in [2.45, 2.75) is 12.3 Å². The summed E-state index contributed by atoms with van der Waals surface area (Å²) in [7, 11) is 0. The number of alkyl halides is 1. The van der Waals surface area contributed by atoms with Crippen LogP contribution < -0.4 is 0 Å². The van der Waals surface area contributed by atoms with Gasteiger partial charge < -0.3 is 0 Å². The summed E-state index contributed by atoms with van der Waals surface area (Å²) in [4.78, 5) is 4.50. The smallest absolute Gasteiger partial charge is 0.132 e. The van der Waals surface area contributed by atoms with Crippen molar-refractivity contribution in [2.24, 2.45) is 0 Å². The summed E-state index contributed by atoms with van der Waals surface area (Å²) < 4.78 is 16.4. The van der Waals surface area contributed by atoms with E-state index >= 15 is 0 Å². The monoisotopic (exact) mass is 352 g/mol. The summed E-state index contributed by atoms with van der Waals surface area (Å²) in [6.45, 7) is 1.86. The molecule has 1 unspecified atom stereocenters. The van der Waals surface area contributed by atoms with Gasteiger partial charge in [0.15, 0.2) is 0 Å². The number of fused-ring (bicyclic) bond motifs is 1. The van der Waals surface area contributed by atoms with Crippen molar-refractivity contribution >= 4 is 38.6 Å². The Balaban J connectivity index is 2.33. The zero-order valence-corrected chi connectivity index (χ0v) is 13.0. The number of nitrogens with zero attached hydrogens (tertiary/aromatic N) is 2. The molecule has 0 N–H and O–H groups in total. The lowest BCUT2D eigenvalue weighted by Crippen LogP contribution is -2.01. The van der Waals surface area contributed by atoms with Crippen LogP contribution in [0.5, 0.6) is 0 Å². The van der Waals surface area contributed by atoms with E-state index in [1.54, 1.807) is 6.07 Å². The van der Waals surface area contributed by atoms with E-state index in [4.69, 9.17) is 11.6 Å². The second-order valence-corrected chi connectivity index (χ2v) is 6.10. The topological polar surface area (TPSA) is 17.8 Å². The minimum Gasteiger partial charge on any atom is -0.295 e. The zero-order chi connectivity index (χ0) is 14.3. The van der Waals surface area contributed by atoms with Crippen LogP contribution in [0.2, 0.25) is 0 Å². The Hall–Kier alpha value is -1.39. The molecule has 0 spiro atoms. The van der Waals surface area contributed by atoms with E-state index in [1.165, 1.54) is 12.1 Å². The molecule has 0 bridgehead atoms. The lowest BCUT2D eigenvalue weighted by atomic mass is 10.2. The Morgan fingerprint density at radius 2 is 1.90 bits per heavy atom. The standard InChI is InChI=1S/C15H11BrClFN2/c1-9(17)15-19-13-7-4-11(18)8-14(13)20(15)12-5-2-10(16)3-6-12/h2-9H,1H3. The number of hydrogen-bond acceptors (Lipinski definition) is 1. The number of benzene rings is 2. The molecule has 0 radical (unpaired) electrons. The van der Waals surface area contributed by atoms with Gasteiger partial charge in [0, 0.05) is 16.2 Å². The molecule has 1 heterocycles. The molecule has 2 aromatic carbocycles. The van der Waals surface area contributed by atoms with Gasteiger partial charge in [0.2, 0.25) is 0 Å². The van der Waals surface area contributed by atoms with Crippen LogP contribution >= 0.6 is 27.5 Å². The van der Waals surface area contributed by atoms with Crippen LogP contribution in [0.3, 0.4) is 0 Å². The molecular formula is C15H11BrClFN2. The Kier molecular flexibility index (Phi) is 3.52. The molecular weight excluding hydrogens is 343 g/mol. The summed E-state index contributed by atoms with van der Waals surface area (Å²) in [6.07, 6.45) is 0. The van der Waals surface area contributed by atoms with Crippen molar-refractivity contribution in [3.05, 3.63) is 58.6 Å². The summed E-state index contributed by atoms with van der Waals surface area (Å²) in [5.41, 5.74) is 2.36. The first-order valence-corrected chi connectivity index (χ1v) is 7.37. The van der Waals surface area contributed by atoms with E-state index in [9.17, 15) is 4.39 Å². The van der Waals surface area contributed by atoms with E-state index < -0.39 is 0 Å². The largest absolute Gasteiger partial charge is 0.295 e. The zero-order valence-electron chi connectivity index (χ0n) is 10.6. The van der Waals surface area contributed by atoms with E-state index in [0.717, 1.165) is 21.2 Å². The summed E-state index contributed by atoms with van der Waals surface area (Å²) in [5.74, 6) is 0.416. The van der Waals surface area contributed by atoms with Gasteiger partial charge in [-0.15, -0.1) is 11.6 Å². The summed E-state index contributed by atoms with van der Waals surface area (Å²) in [5, 5.41) is -0.269. The third-order valence-electron chi connectivity index (χ3n) is 3.08. The van der Waals surface area contributed by atoms with Crippen LogP contribution in [0.15, 0.2) is 46.9 Å². The molecule has 2 nitrogen and oxygen atoms in total. The van der Waals surface area contributed by atoms with Crippen molar-refractivity contribution in [3.8, 4) is 5.69 Å². The Labute approximate surface area is 129 Å². The quantitative estimate of drug-likeness (QED) is 0.577. The molecule has 20 heavy (non-hydrogen) atoms. The van der Waals surface area contributed by atoms with Gasteiger partial charge in [-0.1, -0.05) is 15.9 Å². The maximum absolute atomic E-state index is 13.5. The molecule has 3 rings (SSSR count). The van der Waals surface area contributed by atoms with E-state index in [0.29, 0.717) is 5.82 Å². The molecule has 1 aromatic heterocycles. The highest BCUT2D eigenvalue weighted by Gasteiger charge is 2.16. The maximum Gasteiger partial charge on any atom is 0.132 e. The fourth-order valence-electron chi connectivity index (χ4n) is 2.20. The molecule has 0 saturated carbocycles. The maximum atomic E-state index is 13.5. The van der Waals surface area contributed by atoms with Crippen LogP contribution in [-0.2, 0) is 0 Å². The van der Waals surface area contributed by atoms with Crippen molar-refractivity contribution < 1.29 is 4.39 Å². The van der Waals surface area contributed by atoms with Crippen LogP contribution in [0, 0.1) is 5.82 Å². The third kappa shape index (κ3) is 2.34. The second-order valence-electron chi connectivity index (χ2n) is 4.53. The molecule has 0 aliphatic rings. The van der Waals surface area contributed by atoms with E-state index in [-0.39, 0.29) is 11.2 Å². The number of hydrogen-bond donors (Lipinski definition) is 0. The first-order valence-electron chi connectivity index (χ1n) is 6.14. The molecule has 0 aliphatic carbocycles. The number of halogens is 3. The highest BCUT2D eigenvalue weighted by Crippen LogP contribution is 2.29. The van der Waals surface area contributed by atoms with Crippen LogP contribution in [0.4, 0.5) is 4.39 Å². The molecule has 0 fully saturated rings. The molecule has 0 amide bonds. The van der Waals surface area contributed by atoms with Crippen LogP contribution in [-0.4, -0.2) is 9.55 Å².